The maximum atomic E-state index is 7.56. The minimum absolute atomic E-state index is 0. The Kier molecular flexibility index (Phi) is 21.9. The van der Waals surface area contributed by atoms with E-state index < -0.39 is 13.4 Å². The van der Waals surface area contributed by atoms with Crippen LogP contribution < -0.4 is 29.6 Å². The van der Waals surface area contributed by atoms with Crippen molar-refractivity contribution in [3.8, 4) is 0 Å². The molecular weight excluding hydrogens is 333 g/mol. The quantitative estimate of drug-likeness (QED) is 0.232. The van der Waals surface area contributed by atoms with Crippen LogP contribution in [0.1, 0.15) is 29.1 Å². The topological polar surface area (TPSA) is 131 Å². The van der Waals surface area contributed by atoms with E-state index in [4.69, 9.17) is 34.1 Å². The molecule has 0 amide bonds. The largest absolute Gasteiger partial charge is 1.00 e. The van der Waals surface area contributed by atoms with Crippen LogP contribution in [-0.2, 0) is 28.4 Å². The molecule has 0 aliphatic rings. The number of ether oxygens (including phenoxy) is 1. The van der Waals surface area contributed by atoms with Crippen LogP contribution in [-0.4, -0.2) is 41.6 Å². The first-order valence-electron chi connectivity index (χ1n) is 4.35. The summed E-state index contributed by atoms with van der Waals surface area (Å²) in [5.41, 5.74) is 0. The minimum atomic E-state index is -3.81. The van der Waals surface area contributed by atoms with E-state index in [9.17, 15) is 0 Å². The Morgan fingerprint density at radius 2 is 0.889 bits per heavy atom. The molecule has 0 radical (unpaired) electrons. The monoisotopic (exact) mass is 354 g/mol. The summed E-state index contributed by atoms with van der Waals surface area (Å²) >= 11 is 7.21. The molecule has 110 valence electrons. The number of hydrogen-bond donors (Lipinski definition) is 6. The third-order valence-electron chi connectivity index (χ3n) is 0.544. The van der Waals surface area contributed by atoms with Gasteiger partial charge in [-0.1, -0.05) is 0 Å². The van der Waals surface area contributed by atoms with Gasteiger partial charge in [-0.25, -0.2) is 0 Å². The summed E-state index contributed by atoms with van der Waals surface area (Å²) in [6.07, 6.45) is 0.750. The standard InChI is InChI=1S/C6H14O.Na.2H3O3PS.H/c1-5(2)7-6(3)4;;2*1-4(2,3)5;/h5-6H,1-4H3;;2*(H3,1,2,3,5);/q;+1;;;-1. The predicted molar refractivity (Wildman–Crippen MR) is 74.4 cm³/mol. The maximum absolute atomic E-state index is 7.56. The first kappa shape index (κ1) is 28.2. The van der Waals surface area contributed by atoms with Crippen molar-refractivity contribution >= 4 is 37.1 Å². The molecule has 0 bridgehead atoms. The molecule has 0 aromatic heterocycles. The van der Waals surface area contributed by atoms with Gasteiger partial charge in [-0.05, 0) is 51.3 Å². The first-order chi connectivity index (χ1) is 7.13. The van der Waals surface area contributed by atoms with Crippen molar-refractivity contribution in [2.75, 3.05) is 0 Å². The van der Waals surface area contributed by atoms with Crippen LogP contribution in [0, 0.1) is 0 Å². The van der Waals surface area contributed by atoms with Crippen LogP contribution in [0.25, 0.3) is 0 Å². The van der Waals surface area contributed by atoms with Crippen LogP contribution in [0.4, 0.5) is 0 Å². The van der Waals surface area contributed by atoms with Gasteiger partial charge >= 0.3 is 43.0 Å². The summed E-state index contributed by atoms with van der Waals surface area (Å²) in [5.74, 6) is 0. The Hall–Kier alpha value is 2.02. The average Bonchev–Trinajstić information content (AvgIpc) is 1.71. The Morgan fingerprint density at radius 3 is 0.889 bits per heavy atom. The van der Waals surface area contributed by atoms with Gasteiger partial charge in [0.25, 0.3) is 0 Å². The summed E-state index contributed by atoms with van der Waals surface area (Å²) in [6.45, 7) is 0.556. The molecule has 18 heavy (non-hydrogen) atoms. The molecule has 0 aliphatic carbocycles. The molecule has 0 heterocycles. The van der Waals surface area contributed by atoms with Gasteiger partial charge in [0.05, 0.1) is 12.2 Å². The van der Waals surface area contributed by atoms with Gasteiger partial charge in [0.1, 0.15) is 0 Å². The van der Waals surface area contributed by atoms with Gasteiger partial charge in [0, 0.05) is 0 Å². The fourth-order valence-electron chi connectivity index (χ4n) is 0.544. The van der Waals surface area contributed by atoms with Crippen molar-refractivity contribution in [2.24, 2.45) is 0 Å². The van der Waals surface area contributed by atoms with Crippen molar-refractivity contribution in [3.05, 3.63) is 0 Å². The zero-order valence-electron chi connectivity index (χ0n) is 12.0. The molecule has 0 saturated heterocycles. The first-order valence-corrected chi connectivity index (χ1v) is 9.67. The maximum Gasteiger partial charge on any atom is 1.00 e. The summed E-state index contributed by atoms with van der Waals surface area (Å²) in [4.78, 5) is 45.3. The van der Waals surface area contributed by atoms with Gasteiger partial charge in [-0.2, -0.15) is 0 Å². The van der Waals surface area contributed by atoms with E-state index in [1.165, 1.54) is 0 Å². The van der Waals surface area contributed by atoms with Crippen molar-refractivity contribution in [1.29, 1.82) is 0 Å². The van der Waals surface area contributed by atoms with Crippen molar-refractivity contribution < 1.29 is 65.1 Å². The molecule has 0 rings (SSSR count). The second-order valence-corrected chi connectivity index (χ2v) is 8.25. The van der Waals surface area contributed by atoms with E-state index >= 15 is 0 Å². The molecule has 0 atom stereocenters. The molecule has 0 aromatic carbocycles. The molecule has 12 heteroatoms. The second-order valence-electron chi connectivity index (χ2n) is 3.26. The van der Waals surface area contributed by atoms with Crippen molar-refractivity contribution in [2.45, 2.75) is 39.9 Å². The van der Waals surface area contributed by atoms with Crippen LogP contribution in [0.15, 0.2) is 0 Å². The third-order valence-corrected chi connectivity index (χ3v) is 0.544. The minimum Gasteiger partial charge on any atom is -1.00 e. The third kappa shape index (κ3) is 144. The van der Waals surface area contributed by atoms with E-state index in [0.717, 1.165) is 0 Å². The van der Waals surface area contributed by atoms with Crippen molar-refractivity contribution in [3.63, 3.8) is 0 Å². The molecule has 0 aliphatic heterocycles. The zero-order valence-corrected chi connectivity index (χ0v) is 16.4. The summed E-state index contributed by atoms with van der Waals surface area (Å²) in [6, 6.07) is 0. The van der Waals surface area contributed by atoms with E-state index in [2.05, 4.69) is 23.6 Å². The van der Waals surface area contributed by atoms with Gasteiger partial charge in [-0.3, -0.25) is 0 Å². The van der Waals surface area contributed by atoms with Crippen LogP contribution in [0.2, 0.25) is 0 Å². The fourth-order valence-corrected chi connectivity index (χ4v) is 0.544. The van der Waals surface area contributed by atoms with Crippen LogP contribution in [0.5, 0.6) is 0 Å². The van der Waals surface area contributed by atoms with Gasteiger partial charge in [0.15, 0.2) is 0 Å². The summed E-state index contributed by atoms with van der Waals surface area (Å²) in [7, 11) is 0. The Morgan fingerprint density at radius 1 is 0.778 bits per heavy atom. The fraction of sp³-hybridized carbons (Fsp3) is 1.00. The normalized spacial score (nSPS) is 10.9. The smallest absolute Gasteiger partial charge is 1.00 e. The molecular formula is C6H21NaO7P2S2. The molecule has 0 aromatic rings. The van der Waals surface area contributed by atoms with Gasteiger partial charge < -0.3 is 35.5 Å². The second kappa shape index (κ2) is 14.0. The van der Waals surface area contributed by atoms with E-state index in [1.807, 2.05) is 27.7 Å². The molecule has 0 spiro atoms. The SMILES string of the molecule is CC(C)OC(C)C.OP(O)(O)=S.OP(O)(O)=S.[H-].[Na+]. The van der Waals surface area contributed by atoms with Crippen LogP contribution in [0.3, 0.4) is 0 Å². The van der Waals surface area contributed by atoms with E-state index in [-0.39, 0.29) is 31.0 Å². The van der Waals surface area contributed by atoms with Crippen LogP contribution >= 0.6 is 13.4 Å². The molecule has 6 N–H and O–H groups in total. The Balaban J connectivity index is -0.0000000500. The molecule has 0 saturated carbocycles. The Bertz CT molecular complexity index is 228. The zero-order chi connectivity index (χ0) is 14.9. The van der Waals surface area contributed by atoms with Gasteiger partial charge in [-0.15, -0.1) is 0 Å². The summed E-state index contributed by atoms with van der Waals surface area (Å²) in [5, 5.41) is 0. The molecule has 7 nitrogen and oxygen atoms in total. The number of hydrogen-bond acceptors (Lipinski definition) is 3. The van der Waals surface area contributed by atoms with Gasteiger partial charge in [0.2, 0.25) is 0 Å². The Labute approximate surface area is 141 Å². The summed E-state index contributed by atoms with van der Waals surface area (Å²) < 4.78 is 5.25. The van der Waals surface area contributed by atoms with Crippen molar-refractivity contribution in [1.82, 2.24) is 0 Å². The predicted octanol–water partition coefficient (Wildman–Crippen LogP) is -2.69. The molecule has 0 fully saturated rings. The van der Waals surface area contributed by atoms with E-state index in [1.54, 1.807) is 0 Å². The average molecular weight is 354 g/mol. The molecule has 0 unspecified atom stereocenters. The van der Waals surface area contributed by atoms with E-state index in [0.29, 0.717) is 12.2 Å². The number of rotatable bonds is 2.